The molecular weight excluding hydrogens is 260 g/mol. The Bertz CT molecular complexity index is 730. The van der Waals surface area contributed by atoms with Crippen molar-refractivity contribution >= 4 is 10.9 Å². The van der Waals surface area contributed by atoms with E-state index in [0.717, 1.165) is 35.4 Å². The highest BCUT2D eigenvalue weighted by Crippen LogP contribution is 2.16. The Morgan fingerprint density at radius 3 is 2.95 bits per heavy atom. The lowest BCUT2D eigenvalue weighted by Crippen LogP contribution is -2.19. The largest absolute Gasteiger partial charge is 0.311 e. The molecule has 1 aromatic carbocycles. The highest BCUT2D eigenvalue weighted by molar-refractivity contribution is 5.80. The number of hydrogen-bond donors (Lipinski definition) is 1. The summed E-state index contributed by atoms with van der Waals surface area (Å²) in [6, 6.07) is 12.3. The van der Waals surface area contributed by atoms with Crippen LogP contribution in [0.1, 0.15) is 19.5 Å². The Balaban J connectivity index is 1.77. The van der Waals surface area contributed by atoms with Crippen molar-refractivity contribution in [2.75, 3.05) is 6.54 Å². The predicted molar refractivity (Wildman–Crippen MR) is 85.4 cm³/mol. The fraction of sp³-hybridized carbons (Fsp3) is 0.294. The number of fused-ring (bicyclic) bond motifs is 1. The van der Waals surface area contributed by atoms with Crippen molar-refractivity contribution in [2.45, 2.75) is 20.4 Å². The highest BCUT2D eigenvalue weighted by atomic mass is 15.3. The third-order valence-corrected chi connectivity index (χ3v) is 3.35. The maximum Gasteiger partial charge on any atom is 0.0766 e. The zero-order valence-corrected chi connectivity index (χ0v) is 12.5. The molecule has 0 aliphatic rings. The number of benzene rings is 1. The zero-order valence-electron chi connectivity index (χ0n) is 12.5. The molecule has 108 valence electrons. The average molecular weight is 280 g/mol. The van der Waals surface area contributed by atoms with E-state index >= 15 is 0 Å². The van der Waals surface area contributed by atoms with Gasteiger partial charge in [0, 0.05) is 24.3 Å². The molecule has 3 aromatic rings. The van der Waals surface area contributed by atoms with Crippen LogP contribution < -0.4 is 5.32 Å². The summed E-state index contributed by atoms with van der Waals surface area (Å²) in [6.07, 6.45) is 3.82. The molecule has 0 spiro atoms. The lowest BCUT2D eigenvalue weighted by atomic mass is 10.2. The maximum atomic E-state index is 4.62. The van der Waals surface area contributed by atoms with E-state index in [1.165, 1.54) is 0 Å². The fourth-order valence-corrected chi connectivity index (χ4v) is 2.29. The molecule has 0 unspecified atom stereocenters. The van der Waals surface area contributed by atoms with E-state index in [1.54, 1.807) is 0 Å². The molecule has 0 amide bonds. The van der Waals surface area contributed by atoms with Crippen molar-refractivity contribution in [1.82, 2.24) is 20.1 Å². The van der Waals surface area contributed by atoms with E-state index in [4.69, 9.17) is 0 Å². The number of aromatic nitrogens is 3. The summed E-state index contributed by atoms with van der Waals surface area (Å²) < 4.78 is 1.92. The molecule has 4 heteroatoms. The zero-order chi connectivity index (χ0) is 14.7. The van der Waals surface area contributed by atoms with Crippen LogP contribution in [0.15, 0.2) is 48.8 Å². The average Bonchev–Trinajstić information content (AvgIpc) is 2.95. The molecule has 1 N–H and O–H groups in total. The van der Waals surface area contributed by atoms with Gasteiger partial charge in [0.25, 0.3) is 0 Å². The second-order valence-corrected chi connectivity index (χ2v) is 5.66. The van der Waals surface area contributed by atoms with Crippen LogP contribution in [0.4, 0.5) is 0 Å². The van der Waals surface area contributed by atoms with Crippen LogP contribution in [-0.2, 0) is 6.54 Å². The van der Waals surface area contributed by atoms with Crippen LogP contribution in [0, 0.1) is 5.92 Å². The summed E-state index contributed by atoms with van der Waals surface area (Å²) in [5.41, 5.74) is 3.12. The first-order chi connectivity index (χ1) is 10.2. The van der Waals surface area contributed by atoms with E-state index in [9.17, 15) is 0 Å². The SMILES string of the molecule is CC(C)CNCc1ccn(-c2ccc3ncccc3c2)n1. The third kappa shape index (κ3) is 3.28. The van der Waals surface area contributed by atoms with E-state index in [1.807, 2.05) is 35.3 Å². The van der Waals surface area contributed by atoms with Gasteiger partial charge in [-0.05, 0) is 42.8 Å². The van der Waals surface area contributed by atoms with Gasteiger partial charge in [-0.2, -0.15) is 5.10 Å². The second kappa shape index (κ2) is 6.06. The first-order valence-corrected chi connectivity index (χ1v) is 7.33. The first kappa shape index (κ1) is 13.8. The maximum absolute atomic E-state index is 4.62. The summed E-state index contributed by atoms with van der Waals surface area (Å²) in [7, 11) is 0. The lowest BCUT2D eigenvalue weighted by molar-refractivity contribution is 0.546. The predicted octanol–water partition coefficient (Wildman–Crippen LogP) is 3.17. The summed E-state index contributed by atoms with van der Waals surface area (Å²) in [6.45, 7) is 6.22. The molecule has 0 saturated heterocycles. The first-order valence-electron chi connectivity index (χ1n) is 7.33. The Morgan fingerprint density at radius 2 is 2.10 bits per heavy atom. The molecule has 0 bridgehead atoms. The Morgan fingerprint density at radius 1 is 1.19 bits per heavy atom. The molecule has 2 aromatic heterocycles. The minimum atomic E-state index is 0.653. The van der Waals surface area contributed by atoms with Crippen LogP contribution in [0.5, 0.6) is 0 Å². The topological polar surface area (TPSA) is 42.7 Å². The standard InChI is InChI=1S/C17H20N4/c1-13(2)11-18-12-15-7-9-21(20-15)16-5-6-17-14(10-16)4-3-8-19-17/h3-10,13,18H,11-12H2,1-2H3. The minimum Gasteiger partial charge on any atom is -0.311 e. The molecule has 0 saturated carbocycles. The third-order valence-electron chi connectivity index (χ3n) is 3.35. The van der Waals surface area contributed by atoms with Crippen LogP contribution in [-0.4, -0.2) is 21.3 Å². The normalized spacial score (nSPS) is 11.4. The number of hydrogen-bond acceptors (Lipinski definition) is 3. The van der Waals surface area contributed by atoms with Gasteiger partial charge in [-0.1, -0.05) is 19.9 Å². The summed E-state index contributed by atoms with van der Waals surface area (Å²) >= 11 is 0. The molecule has 3 rings (SSSR count). The second-order valence-electron chi connectivity index (χ2n) is 5.66. The molecule has 0 atom stereocenters. The van der Waals surface area contributed by atoms with Gasteiger partial charge in [-0.3, -0.25) is 4.98 Å². The summed E-state index contributed by atoms with van der Waals surface area (Å²) in [4.78, 5) is 4.34. The smallest absolute Gasteiger partial charge is 0.0766 e. The minimum absolute atomic E-state index is 0.653. The van der Waals surface area contributed by atoms with Crippen molar-refractivity contribution < 1.29 is 0 Å². The van der Waals surface area contributed by atoms with E-state index in [-0.39, 0.29) is 0 Å². The van der Waals surface area contributed by atoms with Crippen molar-refractivity contribution in [3.63, 3.8) is 0 Å². The Labute approximate surface area is 124 Å². The lowest BCUT2D eigenvalue weighted by Gasteiger charge is -2.05. The van der Waals surface area contributed by atoms with Gasteiger partial charge in [0.05, 0.1) is 16.9 Å². The van der Waals surface area contributed by atoms with E-state index in [2.05, 4.69) is 47.4 Å². The van der Waals surface area contributed by atoms with E-state index < -0.39 is 0 Å². The summed E-state index contributed by atoms with van der Waals surface area (Å²) in [5.74, 6) is 0.653. The highest BCUT2D eigenvalue weighted by Gasteiger charge is 2.03. The van der Waals surface area contributed by atoms with Gasteiger partial charge in [0.1, 0.15) is 0 Å². The molecule has 2 heterocycles. The fourth-order valence-electron chi connectivity index (χ4n) is 2.29. The number of rotatable bonds is 5. The molecule has 0 fully saturated rings. The van der Waals surface area contributed by atoms with Gasteiger partial charge in [-0.15, -0.1) is 0 Å². The van der Waals surface area contributed by atoms with Gasteiger partial charge >= 0.3 is 0 Å². The molecule has 0 aliphatic carbocycles. The number of nitrogens with zero attached hydrogens (tertiary/aromatic N) is 3. The molecule has 0 aliphatic heterocycles. The van der Waals surface area contributed by atoms with Gasteiger partial charge in [0.15, 0.2) is 0 Å². The van der Waals surface area contributed by atoms with Gasteiger partial charge < -0.3 is 5.32 Å². The van der Waals surface area contributed by atoms with Crippen LogP contribution in [0.2, 0.25) is 0 Å². The van der Waals surface area contributed by atoms with Crippen molar-refractivity contribution in [2.24, 2.45) is 5.92 Å². The molecule has 4 nitrogen and oxygen atoms in total. The van der Waals surface area contributed by atoms with Crippen molar-refractivity contribution in [3.05, 3.63) is 54.5 Å². The van der Waals surface area contributed by atoms with Gasteiger partial charge in [0.2, 0.25) is 0 Å². The molecular formula is C17H20N4. The van der Waals surface area contributed by atoms with Crippen LogP contribution >= 0.6 is 0 Å². The molecule has 21 heavy (non-hydrogen) atoms. The van der Waals surface area contributed by atoms with Crippen molar-refractivity contribution in [3.8, 4) is 5.69 Å². The quantitative estimate of drug-likeness (QED) is 0.780. The van der Waals surface area contributed by atoms with E-state index in [0.29, 0.717) is 5.92 Å². The summed E-state index contributed by atoms with van der Waals surface area (Å²) in [5, 5.41) is 9.16. The van der Waals surface area contributed by atoms with Gasteiger partial charge in [-0.25, -0.2) is 4.68 Å². The van der Waals surface area contributed by atoms with Crippen LogP contribution in [0.25, 0.3) is 16.6 Å². The van der Waals surface area contributed by atoms with Crippen LogP contribution in [0.3, 0.4) is 0 Å². The number of pyridine rings is 1. The Kier molecular flexibility index (Phi) is 3.97. The monoisotopic (exact) mass is 280 g/mol. The molecule has 0 radical (unpaired) electrons. The number of nitrogens with one attached hydrogen (secondary N) is 1. The van der Waals surface area contributed by atoms with Crippen molar-refractivity contribution in [1.29, 1.82) is 0 Å². The Hall–Kier alpha value is -2.20.